The molecule has 14 heteroatoms. The van der Waals surface area contributed by atoms with E-state index in [1.54, 1.807) is 0 Å². The molecule has 1 unspecified atom stereocenters. The fourth-order valence-electron chi connectivity index (χ4n) is 4.15. The zero-order valence-electron chi connectivity index (χ0n) is 18.6. The summed E-state index contributed by atoms with van der Waals surface area (Å²) in [4.78, 5) is 50.2. The minimum atomic E-state index is -4.12. The van der Waals surface area contributed by atoms with E-state index in [1.165, 1.54) is 23.1 Å². The van der Waals surface area contributed by atoms with Gasteiger partial charge in [0, 0.05) is 29.1 Å². The highest BCUT2D eigenvalue weighted by Crippen LogP contribution is 2.32. The molecule has 2 aliphatic heterocycles. The normalized spacial score (nSPS) is 18.1. The Labute approximate surface area is 215 Å². The lowest BCUT2D eigenvalue weighted by atomic mass is 9.57. The van der Waals surface area contributed by atoms with Gasteiger partial charge in [0.2, 0.25) is 11.8 Å². The number of rotatable bonds is 5. The van der Waals surface area contributed by atoms with Crippen LogP contribution in [0.1, 0.15) is 39.9 Å². The van der Waals surface area contributed by atoms with Gasteiger partial charge in [0.1, 0.15) is 21.7 Å². The van der Waals surface area contributed by atoms with Crippen molar-refractivity contribution in [1.29, 1.82) is 0 Å². The summed E-state index contributed by atoms with van der Waals surface area (Å²) in [5, 5.41) is 1.72. The number of benzene rings is 2. The van der Waals surface area contributed by atoms with Gasteiger partial charge in [-0.2, -0.15) is 8.78 Å². The van der Waals surface area contributed by atoms with Gasteiger partial charge >= 0.3 is 5.92 Å². The summed E-state index contributed by atoms with van der Waals surface area (Å²) in [6.07, 6.45) is 0.251. The van der Waals surface area contributed by atoms with Crippen molar-refractivity contribution in [2.45, 2.75) is 36.7 Å². The largest absolute Gasteiger partial charge is 0.358 e. The van der Waals surface area contributed by atoms with Gasteiger partial charge in [-0.15, -0.1) is 0 Å². The average molecular weight is 501 g/mol. The molecule has 2 heterocycles. The highest BCUT2D eigenvalue weighted by atomic mass is 35.5. The summed E-state index contributed by atoms with van der Waals surface area (Å²) in [6, 6.07) is 4.86. The highest BCUT2D eigenvalue weighted by molar-refractivity contribution is 6.52. The van der Waals surface area contributed by atoms with E-state index in [4.69, 9.17) is 43.0 Å². The second-order valence-electron chi connectivity index (χ2n) is 8.64. The number of nitrogens with one attached hydrogen (secondary N) is 2. The molecule has 8 radical (unpaired) electrons. The number of imide groups is 1. The van der Waals surface area contributed by atoms with E-state index in [1.807, 2.05) is 5.32 Å². The molecule has 1 atom stereocenters. The van der Waals surface area contributed by atoms with Crippen LogP contribution in [0.15, 0.2) is 30.3 Å². The number of alkyl halides is 2. The SMILES string of the molecule is [B]c1cc(C(F)(F)C(=O)NC([B])([B])c2ccc3c(c2)CN(C2CCC(=O)NC2=O)C3=O)cc([B])c1Cl. The van der Waals surface area contributed by atoms with Crippen molar-refractivity contribution in [2.75, 3.05) is 0 Å². The molecule has 2 aliphatic rings. The van der Waals surface area contributed by atoms with Crippen LogP contribution in [0.3, 0.4) is 0 Å². The first-order valence-electron chi connectivity index (χ1n) is 10.6. The van der Waals surface area contributed by atoms with Gasteiger partial charge in [0.15, 0.2) is 0 Å². The van der Waals surface area contributed by atoms with Crippen molar-refractivity contribution in [3.05, 3.63) is 57.6 Å². The van der Waals surface area contributed by atoms with E-state index in [9.17, 15) is 28.0 Å². The van der Waals surface area contributed by atoms with Crippen LogP contribution in [0.5, 0.6) is 0 Å². The molecule has 4 amide bonds. The Morgan fingerprint density at radius 2 is 1.72 bits per heavy atom. The maximum Gasteiger partial charge on any atom is 0.349 e. The van der Waals surface area contributed by atoms with Crippen LogP contribution in [0.2, 0.25) is 5.02 Å². The van der Waals surface area contributed by atoms with Crippen molar-refractivity contribution < 1.29 is 28.0 Å². The summed E-state index contributed by atoms with van der Waals surface area (Å²) in [6.45, 7) is -0.00218. The average Bonchev–Trinajstić information content (AvgIpc) is 3.12. The number of halogens is 3. The van der Waals surface area contributed by atoms with Gasteiger partial charge in [-0.25, -0.2) is 0 Å². The first kappa shape index (κ1) is 26.0. The van der Waals surface area contributed by atoms with E-state index >= 15 is 0 Å². The predicted octanol–water partition coefficient (Wildman–Crippen LogP) is -0.956. The number of fused-ring (bicyclic) bond motifs is 1. The van der Waals surface area contributed by atoms with Gasteiger partial charge < -0.3 is 10.2 Å². The van der Waals surface area contributed by atoms with Gasteiger partial charge in [-0.05, 0) is 29.0 Å². The lowest BCUT2D eigenvalue weighted by Gasteiger charge is -2.31. The standard InChI is InChI=1S/C22H14B4ClF2N3O4/c23-13-6-11(7-14(24)17(13)27)21(28,29)20(36)31-22(25,26)10-1-2-12-9(5-10)8-32(19(12)35)15-3-4-16(33)30-18(15)34/h1-2,5-7,15H,3-4,8H2,(H,31,36)(H,30,33,34). The van der Waals surface area contributed by atoms with Gasteiger partial charge in [-0.1, -0.05) is 46.8 Å². The molecule has 0 saturated carbocycles. The number of amides is 4. The van der Waals surface area contributed by atoms with Gasteiger partial charge in [0.25, 0.3) is 11.8 Å². The molecule has 2 aromatic carbocycles. The van der Waals surface area contributed by atoms with E-state index in [0.29, 0.717) is 5.56 Å². The summed E-state index contributed by atoms with van der Waals surface area (Å²) in [5.74, 6) is -7.39. The molecule has 4 rings (SSSR count). The van der Waals surface area contributed by atoms with Crippen LogP contribution in [0.25, 0.3) is 0 Å². The molecule has 174 valence electrons. The number of hydrogen-bond donors (Lipinski definition) is 2. The Morgan fingerprint density at radius 3 is 2.33 bits per heavy atom. The lowest BCUT2D eigenvalue weighted by molar-refractivity contribution is -0.147. The third-order valence-electron chi connectivity index (χ3n) is 6.10. The third-order valence-corrected chi connectivity index (χ3v) is 6.53. The molecule has 2 aromatic rings. The Balaban J connectivity index is 1.55. The van der Waals surface area contributed by atoms with Crippen molar-refractivity contribution in [2.24, 2.45) is 0 Å². The molecule has 7 nitrogen and oxygen atoms in total. The van der Waals surface area contributed by atoms with Crippen molar-refractivity contribution in [3.63, 3.8) is 0 Å². The Morgan fingerprint density at radius 1 is 1.08 bits per heavy atom. The van der Waals surface area contributed by atoms with Crippen LogP contribution >= 0.6 is 11.6 Å². The second kappa shape index (κ2) is 9.10. The highest BCUT2D eigenvalue weighted by Gasteiger charge is 2.44. The fourth-order valence-corrected chi connectivity index (χ4v) is 4.26. The van der Waals surface area contributed by atoms with Crippen LogP contribution in [-0.4, -0.2) is 66.0 Å². The lowest BCUT2D eigenvalue weighted by Crippen LogP contribution is -2.52. The molecule has 0 aromatic heterocycles. The topological polar surface area (TPSA) is 95.6 Å². The van der Waals surface area contributed by atoms with E-state index < -0.39 is 46.5 Å². The third kappa shape index (κ3) is 4.56. The quantitative estimate of drug-likeness (QED) is 0.408. The number of nitrogens with zero attached hydrogens (tertiary/aromatic N) is 1. The fraction of sp³-hybridized carbons (Fsp3) is 0.273. The summed E-state index contributed by atoms with van der Waals surface area (Å²) in [7, 11) is 23.1. The van der Waals surface area contributed by atoms with Crippen LogP contribution in [0.4, 0.5) is 8.78 Å². The molecule has 36 heavy (non-hydrogen) atoms. The van der Waals surface area contributed by atoms with Crippen molar-refractivity contribution in [1.82, 2.24) is 15.5 Å². The molecule has 0 aliphatic carbocycles. The number of piperidine rings is 1. The Kier molecular flexibility index (Phi) is 6.58. The number of carbonyl (C=O) groups excluding carboxylic acids is 4. The summed E-state index contributed by atoms with van der Waals surface area (Å²) in [5.41, 5.74) is -0.595. The zero-order chi connectivity index (χ0) is 26.6. The molecule has 2 N–H and O–H groups in total. The summed E-state index contributed by atoms with van der Waals surface area (Å²) >= 11 is 5.80. The Bertz CT molecular complexity index is 1300. The van der Waals surface area contributed by atoms with E-state index in [2.05, 4.69) is 5.32 Å². The number of carbonyl (C=O) groups is 4. The van der Waals surface area contributed by atoms with Gasteiger partial charge in [-0.3, -0.25) is 24.5 Å². The molecule has 0 spiro atoms. The van der Waals surface area contributed by atoms with E-state index in [0.717, 1.165) is 12.1 Å². The Hall–Kier alpha value is -3.07. The molecule has 1 saturated heterocycles. The summed E-state index contributed by atoms with van der Waals surface area (Å²) < 4.78 is 29.8. The van der Waals surface area contributed by atoms with Crippen molar-refractivity contribution in [3.8, 4) is 0 Å². The molecule has 1 fully saturated rings. The van der Waals surface area contributed by atoms with Crippen LogP contribution < -0.4 is 21.6 Å². The molecular formula is C22H14B4ClF2N3O4. The van der Waals surface area contributed by atoms with Crippen LogP contribution in [-0.2, 0) is 32.2 Å². The first-order valence-corrected chi connectivity index (χ1v) is 11.0. The maximum absolute atomic E-state index is 14.9. The minimum absolute atomic E-state index is 0.00218. The minimum Gasteiger partial charge on any atom is -0.358 e. The zero-order valence-corrected chi connectivity index (χ0v) is 19.4. The molecular weight excluding hydrogens is 487 g/mol. The smallest absolute Gasteiger partial charge is 0.349 e. The number of hydrogen-bond acceptors (Lipinski definition) is 4. The monoisotopic (exact) mass is 501 g/mol. The first-order chi connectivity index (χ1) is 16.7. The van der Waals surface area contributed by atoms with E-state index in [-0.39, 0.29) is 46.5 Å². The van der Waals surface area contributed by atoms with Crippen molar-refractivity contribution >= 4 is 77.5 Å². The van der Waals surface area contributed by atoms with Crippen LogP contribution in [0, 0.1) is 0 Å². The second-order valence-corrected chi connectivity index (χ2v) is 9.02. The molecule has 0 bridgehead atoms. The maximum atomic E-state index is 14.9. The van der Waals surface area contributed by atoms with Gasteiger partial charge in [0.05, 0.1) is 15.7 Å². The predicted molar refractivity (Wildman–Crippen MR) is 130 cm³/mol.